The number of anilines is 1. The lowest BCUT2D eigenvalue weighted by atomic mass is 10.1. The summed E-state index contributed by atoms with van der Waals surface area (Å²) in [5.41, 5.74) is 3.52. The molecule has 0 saturated heterocycles. The van der Waals surface area contributed by atoms with E-state index in [2.05, 4.69) is 21.4 Å². The second-order valence-electron chi connectivity index (χ2n) is 7.02. The normalized spacial score (nSPS) is 10.8. The number of imidazole rings is 1. The van der Waals surface area contributed by atoms with Crippen LogP contribution in [0.2, 0.25) is 0 Å². The van der Waals surface area contributed by atoms with Gasteiger partial charge in [-0.25, -0.2) is 9.97 Å². The topological polar surface area (TPSA) is 69.0 Å². The number of amides is 1. The maximum atomic E-state index is 12.9. The quantitative estimate of drug-likeness (QED) is 0.479. The zero-order valence-corrected chi connectivity index (χ0v) is 17.9. The maximum Gasteiger partial charge on any atom is 0.261 e. The summed E-state index contributed by atoms with van der Waals surface area (Å²) in [6.07, 6.45) is 3.63. The zero-order valence-electron chi connectivity index (χ0n) is 17.0. The van der Waals surface area contributed by atoms with Gasteiger partial charge in [0.15, 0.2) is 11.0 Å². The highest BCUT2D eigenvalue weighted by atomic mass is 32.1. The van der Waals surface area contributed by atoms with Crippen LogP contribution >= 0.6 is 11.3 Å². The minimum absolute atomic E-state index is 0.255. The Bertz CT molecular complexity index is 1200. The highest BCUT2D eigenvalue weighted by Gasteiger charge is 2.18. The van der Waals surface area contributed by atoms with Gasteiger partial charge in [0.2, 0.25) is 0 Å². The van der Waals surface area contributed by atoms with Crippen molar-refractivity contribution in [3.63, 3.8) is 0 Å². The Morgan fingerprint density at radius 2 is 2.00 bits per heavy atom. The molecule has 0 fully saturated rings. The third kappa shape index (κ3) is 4.26. The fourth-order valence-corrected chi connectivity index (χ4v) is 4.15. The van der Waals surface area contributed by atoms with Gasteiger partial charge in [0, 0.05) is 19.4 Å². The lowest BCUT2D eigenvalue weighted by Crippen LogP contribution is -2.13. The number of rotatable bonds is 6. The third-order valence-corrected chi connectivity index (χ3v) is 5.72. The van der Waals surface area contributed by atoms with Crippen LogP contribution in [0.25, 0.3) is 10.7 Å². The Hall–Kier alpha value is -3.45. The van der Waals surface area contributed by atoms with Crippen molar-refractivity contribution in [2.24, 2.45) is 7.05 Å². The monoisotopic (exact) mass is 418 g/mol. The zero-order chi connectivity index (χ0) is 21.1. The molecule has 2 heterocycles. The van der Waals surface area contributed by atoms with Gasteiger partial charge in [0.05, 0.1) is 16.1 Å². The molecule has 0 unspecified atom stereocenters. The van der Waals surface area contributed by atoms with E-state index in [1.807, 2.05) is 62.0 Å². The van der Waals surface area contributed by atoms with Gasteiger partial charge in [-0.05, 0) is 31.5 Å². The Morgan fingerprint density at radius 3 is 2.77 bits per heavy atom. The molecule has 0 saturated carbocycles. The van der Waals surface area contributed by atoms with Gasteiger partial charge in [0.25, 0.3) is 5.91 Å². The number of para-hydroxylation sites is 1. The van der Waals surface area contributed by atoms with E-state index in [1.54, 1.807) is 18.3 Å². The van der Waals surface area contributed by atoms with E-state index >= 15 is 0 Å². The Morgan fingerprint density at radius 1 is 1.17 bits per heavy atom. The van der Waals surface area contributed by atoms with E-state index in [1.165, 1.54) is 16.9 Å². The minimum Gasteiger partial charge on any atom is -0.488 e. The highest BCUT2D eigenvalue weighted by Crippen LogP contribution is 2.32. The number of aromatic nitrogens is 3. The lowest BCUT2D eigenvalue weighted by molar-refractivity contribution is 0.102. The molecule has 2 aromatic carbocycles. The van der Waals surface area contributed by atoms with Crippen molar-refractivity contribution in [3.05, 3.63) is 83.3 Å². The van der Waals surface area contributed by atoms with E-state index in [-0.39, 0.29) is 5.91 Å². The molecule has 0 aliphatic heterocycles. The Labute approximate surface area is 179 Å². The molecule has 1 amide bonds. The molecule has 1 N–H and O–H groups in total. The fraction of sp³-hybridized carbons (Fsp3) is 0.174. The van der Waals surface area contributed by atoms with Crippen LogP contribution < -0.4 is 10.1 Å². The molecular formula is C23H22N4O2S. The van der Waals surface area contributed by atoms with Crippen LogP contribution in [-0.4, -0.2) is 20.4 Å². The summed E-state index contributed by atoms with van der Waals surface area (Å²) < 4.78 is 7.88. The summed E-state index contributed by atoms with van der Waals surface area (Å²) in [6, 6.07) is 15.3. The molecule has 0 atom stereocenters. The maximum absolute atomic E-state index is 12.9. The summed E-state index contributed by atoms with van der Waals surface area (Å²) in [7, 11) is 1.93. The van der Waals surface area contributed by atoms with Crippen LogP contribution in [0.1, 0.15) is 27.2 Å². The Balaban J connectivity index is 1.51. The van der Waals surface area contributed by atoms with Gasteiger partial charge in [-0.2, -0.15) is 0 Å². The molecule has 0 radical (unpaired) electrons. The number of aryl methyl sites for hydroxylation is 3. The van der Waals surface area contributed by atoms with Crippen molar-refractivity contribution in [3.8, 4) is 16.5 Å². The van der Waals surface area contributed by atoms with E-state index < -0.39 is 0 Å². The van der Waals surface area contributed by atoms with Crippen LogP contribution in [0.3, 0.4) is 0 Å². The summed E-state index contributed by atoms with van der Waals surface area (Å²) in [4.78, 5) is 22.7. The SMILES string of the molecule is Cc1cccc(COc2ccccc2C(=O)Nc2nc(C)c(-c3nccn3C)s2)c1. The average molecular weight is 419 g/mol. The third-order valence-electron chi connectivity index (χ3n) is 4.65. The van der Waals surface area contributed by atoms with Gasteiger partial charge in [-0.15, -0.1) is 0 Å². The van der Waals surface area contributed by atoms with Crippen LogP contribution in [0, 0.1) is 13.8 Å². The van der Waals surface area contributed by atoms with Gasteiger partial charge < -0.3 is 9.30 Å². The number of carbonyl (C=O) groups is 1. The van der Waals surface area contributed by atoms with Gasteiger partial charge in [-0.1, -0.05) is 53.3 Å². The number of nitrogens with one attached hydrogen (secondary N) is 1. The first-order chi connectivity index (χ1) is 14.5. The van der Waals surface area contributed by atoms with Crippen LogP contribution in [0.5, 0.6) is 5.75 Å². The standard InChI is InChI=1S/C23H22N4O2S/c1-15-7-6-8-17(13-15)14-29-19-10-5-4-9-18(19)22(28)26-23-25-16(2)20(30-23)21-24-11-12-27(21)3/h4-13H,14H2,1-3H3,(H,25,26,28). The fourth-order valence-electron chi connectivity index (χ4n) is 3.15. The molecule has 0 aliphatic carbocycles. The molecule has 6 nitrogen and oxygen atoms in total. The first-order valence-electron chi connectivity index (χ1n) is 9.55. The highest BCUT2D eigenvalue weighted by molar-refractivity contribution is 7.19. The van der Waals surface area contributed by atoms with Gasteiger partial charge in [-0.3, -0.25) is 10.1 Å². The van der Waals surface area contributed by atoms with Crippen molar-refractivity contribution in [1.29, 1.82) is 0 Å². The molecular weight excluding hydrogens is 396 g/mol. The number of hydrogen-bond donors (Lipinski definition) is 1. The van der Waals surface area contributed by atoms with Gasteiger partial charge in [0.1, 0.15) is 12.4 Å². The molecule has 4 aromatic rings. The largest absolute Gasteiger partial charge is 0.488 e. The first-order valence-corrected chi connectivity index (χ1v) is 10.4. The van der Waals surface area contributed by atoms with Crippen molar-refractivity contribution in [2.75, 3.05) is 5.32 Å². The van der Waals surface area contributed by atoms with Crippen LogP contribution in [0.4, 0.5) is 5.13 Å². The summed E-state index contributed by atoms with van der Waals surface area (Å²) in [5.74, 6) is 1.11. The number of benzene rings is 2. The van der Waals surface area contributed by atoms with E-state index in [9.17, 15) is 4.79 Å². The molecule has 0 spiro atoms. The summed E-state index contributed by atoms with van der Waals surface area (Å²) >= 11 is 1.40. The van der Waals surface area contributed by atoms with Crippen molar-refractivity contribution < 1.29 is 9.53 Å². The van der Waals surface area contributed by atoms with Crippen molar-refractivity contribution in [1.82, 2.24) is 14.5 Å². The summed E-state index contributed by atoms with van der Waals surface area (Å²) in [5, 5.41) is 3.43. The number of carbonyl (C=O) groups excluding carboxylic acids is 1. The number of nitrogens with zero attached hydrogens (tertiary/aromatic N) is 3. The number of hydrogen-bond acceptors (Lipinski definition) is 5. The van der Waals surface area contributed by atoms with Crippen molar-refractivity contribution in [2.45, 2.75) is 20.5 Å². The predicted molar refractivity (Wildman–Crippen MR) is 119 cm³/mol. The van der Waals surface area contributed by atoms with Crippen molar-refractivity contribution >= 4 is 22.4 Å². The molecule has 4 rings (SSSR count). The van der Waals surface area contributed by atoms with E-state index in [0.717, 1.165) is 22.0 Å². The lowest BCUT2D eigenvalue weighted by Gasteiger charge is -2.11. The Kier molecular flexibility index (Phi) is 5.63. The van der Waals surface area contributed by atoms with Crippen LogP contribution in [0.15, 0.2) is 60.9 Å². The predicted octanol–water partition coefficient (Wildman–Crippen LogP) is 4.99. The van der Waals surface area contributed by atoms with Crippen LogP contribution in [-0.2, 0) is 13.7 Å². The first kappa shape index (κ1) is 19.8. The average Bonchev–Trinajstić information content (AvgIpc) is 3.31. The smallest absolute Gasteiger partial charge is 0.261 e. The molecule has 152 valence electrons. The molecule has 0 bridgehead atoms. The molecule has 7 heteroatoms. The second kappa shape index (κ2) is 8.51. The second-order valence-corrected chi connectivity index (χ2v) is 8.02. The molecule has 2 aromatic heterocycles. The number of ether oxygens (including phenoxy) is 1. The van der Waals surface area contributed by atoms with E-state index in [0.29, 0.717) is 23.1 Å². The van der Waals surface area contributed by atoms with Gasteiger partial charge >= 0.3 is 0 Å². The molecule has 0 aliphatic rings. The minimum atomic E-state index is -0.255. The molecule has 30 heavy (non-hydrogen) atoms. The summed E-state index contributed by atoms with van der Waals surface area (Å²) in [6.45, 7) is 4.35. The number of thiazole rings is 1. The van der Waals surface area contributed by atoms with E-state index in [4.69, 9.17) is 4.74 Å².